The van der Waals surface area contributed by atoms with Gasteiger partial charge in [0.1, 0.15) is 0 Å². The summed E-state index contributed by atoms with van der Waals surface area (Å²) in [5.41, 5.74) is 0.645. The second-order valence-electron chi connectivity index (χ2n) is 7.91. The molecule has 0 radical (unpaired) electrons. The third kappa shape index (κ3) is 4.24. The molecule has 0 spiro atoms. The van der Waals surface area contributed by atoms with Gasteiger partial charge in [-0.05, 0) is 31.6 Å². The molecule has 0 aromatic heterocycles. The lowest BCUT2D eigenvalue weighted by atomic mass is 9.82. The normalized spacial score (nSPS) is 27.2. The van der Waals surface area contributed by atoms with Gasteiger partial charge in [-0.15, -0.1) is 0 Å². The Morgan fingerprint density at radius 1 is 1.33 bits per heavy atom. The van der Waals surface area contributed by atoms with E-state index >= 15 is 0 Å². The summed E-state index contributed by atoms with van der Waals surface area (Å²) >= 11 is 0. The SMILES string of the molecule is CCCC(C)CN1CC(C(C)(C)C)NCC1(C)C. The van der Waals surface area contributed by atoms with Gasteiger partial charge in [-0.2, -0.15) is 0 Å². The zero-order chi connectivity index (χ0) is 14.0. The molecule has 2 heteroatoms. The van der Waals surface area contributed by atoms with E-state index in [1.54, 1.807) is 0 Å². The van der Waals surface area contributed by atoms with Crippen molar-refractivity contribution in [3.05, 3.63) is 0 Å². The van der Waals surface area contributed by atoms with Crippen LogP contribution in [-0.2, 0) is 0 Å². The van der Waals surface area contributed by atoms with Gasteiger partial charge in [-0.1, -0.05) is 41.0 Å². The molecule has 1 aliphatic rings. The van der Waals surface area contributed by atoms with Gasteiger partial charge in [0.15, 0.2) is 0 Å². The van der Waals surface area contributed by atoms with Gasteiger partial charge in [-0.3, -0.25) is 4.90 Å². The highest BCUT2D eigenvalue weighted by molar-refractivity contribution is 4.96. The third-order valence-corrected chi connectivity index (χ3v) is 4.40. The molecular formula is C16H34N2. The first-order valence-electron chi connectivity index (χ1n) is 7.65. The van der Waals surface area contributed by atoms with E-state index in [-0.39, 0.29) is 0 Å². The molecule has 1 fully saturated rings. The van der Waals surface area contributed by atoms with Crippen molar-refractivity contribution in [1.29, 1.82) is 0 Å². The molecule has 0 saturated carbocycles. The molecule has 0 aliphatic carbocycles. The van der Waals surface area contributed by atoms with Crippen molar-refractivity contribution in [1.82, 2.24) is 10.2 Å². The topological polar surface area (TPSA) is 15.3 Å². The summed E-state index contributed by atoms with van der Waals surface area (Å²) in [5.74, 6) is 0.813. The Morgan fingerprint density at radius 3 is 2.44 bits per heavy atom. The zero-order valence-electron chi connectivity index (χ0n) is 13.6. The standard InChI is InChI=1S/C16H34N2/c1-8-9-13(2)10-18-11-14(15(3,4)5)17-12-16(18,6)7/h13-14,17H,8-12H2,1-7H3. The van der Waals surface area contributed by atoms with Crippen LogP contribution >= 0.6 is 0 Å². The molecule has 0 aromatic rings. The van der Waals surface area contributed by atoms with E-state index in [1.807, 2.05) is 0 Å². The molecule has 0 bridgehead atoms. The van der Waals surface area contributed by atoms with Crippen LogP contribution in [0.4, 0.5) is 0 Å². The summed E-state index contributed by atoms with van der Waals surface area (Å²) in [5, 5.41) is 3.74. The summed E-state index contributed by atoms with van der Waals surface area (Å²) in [4.78, 5) is 2.71. The second-order valence-corrected chi connectivity index (χ2v) is 7.91. The molecular weight excluding hydrogens is 220 g/mol. The maximum Gasteiger partial charge on any atom is 0.0278 e. The predicted molar refractivity (Wildman–Crippen MR) is 81.0 cm³/mol. The number of nitrogens with one attached hydrogen (secondary N) is 1. The highest BCUT2D eigenvalue weighted by Crippen LogP contribution is 2.28. The fourth-order valence-electron chi connectivity index (χ4n) is 2.88. The monoisotopic (exact) mass is 254 g/mol. The molecule has 2 unspecified atom stereocenters. The minimum atomic E-state index is 0.295. The fraction of sp³-hybridized carbons (Fsp3) is 1.00. The first-order chi connectivity index (χ1) is 8.16. The Hall–Kier alpha value is -0.0800. The molecule has 1 heterocycles. The summed E-state index contributed by atoms with van der Waals surface area (Å²) < 4.78 is 0. The summed E-state index contributed by atoms with van der Waals surface area (Å²) in [7, 11) is 0. The van der Waals surface area contributed by atoms with Crippen molar-refractivity contribution in [3.63, 3.8) is 0 Å². The van der Waals surface area contributed by atoms with E-state index in [4.69, 9.17) is 0 Å². The van der Waals surface area contributed by atoms with Crippen molar-refractivity contribution in [3.8, 4) is 0 Å². The molecule has 2 nitrogen and oxygen atoms in total. The first kappa shape index (κ1) is 16.0. The van der Waals surface area contributed by atoms with Crippen LogP contribution in [0.1, 0.15) is 61.3 Å². The van der Waals surface area contributed by atoms with Crippen LogP contribution in [0.25, 0.3) is 0 Å². The second kappa shape index (κ2) is 5.92. The number of hydrogen-bond acceptors (Lipinski definition) is 2. The van der Waals surface area contributed by atoms with Crippen LogP contribution < -0.4 is 5.32 Å². The number of hydrogen-bond donors (Lipinski definition) is 1. The van der Waals surface area contributed by atoms with Crippen LogP contribution in [0.5, 0.6) is 0 Å². The molecule has 1 rings (SSSR count). The lowest BCUT2D eigenvalue weighted by molar-refractivity contribution is 0.0248. The van der Waals surface area contributed by atoms with Crippen molar-refractivity contribution in [2.45, 2.75) is 72.9 Å². The molecule has 0 aromatic carbocycles. The van der Waals surface area contributed by atoms with E-state index < -0.39 is 0 Å². The van der Waals surface area contributed by atoms with Gasteiger partial charge in [0, 0.05) is 31.2 Å². The maximum absolute atomic E-state index is 3.74. The minimum absolute atomic E-state index is 0.295. The van der Waals surface area contributed by atoms with Crippen LogP contribution in [0.15, 0.2) is 0 Å². The van der Waals surface area contributed by atoms with E-state index in [2.05, 4.69) is 58.7 Å². The molecule has 1 N–H and O–H groups in total. The Kier molecular flexibility index (Phi) is 5.25. The zero-order valence-corrected chi connectivity index (χ0v) is 13.6. The molecule has 18 heavy (non-hydrogen) atoms. The molecule has 1 saturated heterocycles. The lowest BCUT2D eigenvalue weighted by Gasteiger charge is -2.50. The Balaban J connectivity index is 2.66. The summed E-state index contributed by atoms with van der Waals surface area (Å²) in [6.07, 6.45) is 2.65. The van der Waals surface area contributed by atoms with Gasteiger partial charge in [-0.25, -0.2) is 0 Å². The van der Waals surface area contributed by atoms with Crippen LogP contribution in [0, 0.1) is 11.3 Å². The quantitative estimate of drug-likeness (QED) is 0.826. The van der Waals surface area contributed by atoms with E-state index in [0.29, 0.717) is 17.0 Å². The average molecular weight is 254 g/mol. The largest absolute Gasteiger partial charge is 0.310 e. The molecule has 1 aliphatic heterocycles. The summed E-state index contributed by atoms with van der Waals surface area (Å²) in [6.45, 7) is 20.0. The number of nitrogens with zero attached hydrogens (tertiary/aromatic N) is 1. The van der Waals surface area contributed by atoms with Crippen molar-refractivity contribution >= 4 is 0 Å². The Bertz CT molecular complexity index is 252. The highest BCUT2D eigenvalue weighted by Gasteiger charge is 2.38. The van der Waals surface area contributed by atoms with E-state index in [9.17, 15) is 0 Å². The highest BCUT2D eigenvalue weighted by atomic mass is 15.3. The average Bonchev–Trinajstić information content (AvgIpc) is 2.19. The van der Waals surface area contributed by atoms with Gasteiger partial charge in [0.2, 0.25) is 0 Å². The number of piperazine rings is 1. The molecule has 2 atom stereocenters. The third-order valence-electron chi connectivity index (χ3n) is 4.40. The Morgan fingerprint density at radius 2 is 1.94 bits per heavy atom. The van der Waals surface area contributed by atoms with Crippen molar-refractivity contribution < 1.29 is 0 Å². The van der Waals surface area contributed by atoms with Crippen LogP contribution in [-0.4, -0.2) is 36.1 Å². The smallest absolute Gasteiger partial charge is 0.0278 e. The molecule has 0 amide bonds. The van der Waals surface area contributed by atoms with Gasteiger partial charge in [0.05, 0.1) is 0 Å². The summed E-state index contributed by atoms with van der Waals surface area (Å²) in [6, 6.07) is 0.611. The maximum atomic E-state index is 3.74. The predicted octanol–water partition coefficient (Wildman–Crippen LogP) is 3.52. The van der Waals surface area contributed by atoms with Gasteiger partial charge < -0.3 is 5.32 Å². The Labute approximate surface area is 115 Å². The van der Waals surface area contributed by atoms with E-state index in [1.165, 1.54) is 25.9 Å². The van der Waals surface area contributed by atoms with Gasteiger partial charge in [0.25, 0.3) is 0 Å². The number of rotatable bonds is 4. The lowest BCUT2D eigenvalue weighted by Crippen LogP contribution is -2.65. The van der Waals surface area contributed by atoms with Crippen LogP contribution in [0.3, 0.4) is 0 Å². The minimum Gasteiger partial charge on any atom is -0.310 e. The van der Waals surface area contributed by atoms with E-state index in [0.717, 1.165) is 12.5 Å². The first-order valence-corrected chi connectivity index (χ1v) is 7.65. The fourth-order valence-corrected chi connectivity index (χ4v) is 2.88. The van der Waals surface area contributed by atoms with Gasteiger partial charge >= 0.3 is 0 Å². The van der Waals surface area contributed by atoms with Crippen LogP contribution in [0.2, 0.25) is 0 Å². The molecule has 108 valence electrons. The van der Waals surface area contributed by atoms with Crippen molar-refractivity contribution in [2.24, 2.45) is 11.3 Å². The van der Waals surface area contributed by atoms with Crippen molar-refractivity contribution in [2.75, 3.05) is 19.6 Å².